The Labute approximate surface area is 163 Å². The van der Waals surface area contributed by atoms with Crippen LogP contribution in [0, 0.1) is 0 Å². The molecular weight excluding hydrogens is 372 g/mol. The van der Waals surface area contributed by atoms with E-state index in [-0.39, 0.29) is 11.4 Å². The minimum Gasteiger partial charge on any atom is -0.593 e. The first-order valence-electron chi connectivity index (χ1n) is 8.41. The number of fused-ring (bicyclic) bond motifs is 1. The van der Waals surface area contributed by atoms with Crippen LogP contribution in [-0.4, -0.2) is 28.0 Å². The van der Waals surface area contributed by atoms with Crippen molar-refractivity contribution in [2.45, 2.75) is 46.0 Å². The van der Waals surface area contributed by atoms with E-state index in [0.29, 0.717) is 16.7 Å². The molecule has 0 saturated carbocycles. The second-order valence-electron chi connectivity index (χ2n) is 6.48. The lowest BCUT2D eigenvalue weighted by Crippen LogP contribution is -2.26. The SMILES string of the molecule is COc1nc2cc(OC(C)C)c(Cl)cc2cc1/C(C)=C/N[S@+]([O-])C(C)C. The van der Waals surface area contributed by atoms with Gasteiger partial charge in [-0.2, -0.15) is 0 Å². The molecule has 0 spiro atoms. The van der Waals surface area contributed by atoms with E-state index in [2.05, 4.69) is 9.71 Å². The monoisotopic (exact) mass is 396 g/mol. The minimum absolute atomic E-state index is 0.0178. The Balaban J connectivity index is 2.46. The van der Waals surface area contributed by atoms with E-state index in [4.69, 9.17) is 21.1 Å². The van der Waals surface area contributed by atoms with Crippen LogP contribution in [0.15, 0.2) is 24.4 Å². The number of hydrogen-bond acceptors (Lipinski definition) is 5. The first kappa shape index (κ1) is 20.7. The first-order valence-corrected chi connectivity index (χ1v) is 10.0. The highest BCUT2D eigenvalue weighted by Gasteiger charge is 2.14. The summed E-state index contributed by atoms with van der Waals surface area (Å²) in [7, 11) is 1.58. The average molecular weight is 397 g/mol. The molecular formula is C19H25ClN2O3S. The number of pyridine rings is 1. The lowest BCUT2D eigenvalue weighted by molar-refractivity contribution is 0.243. The number of benzene rings is 1. The number of aromatic nitrogens is 1. The summed E-state index contributed by atoms with van der Waals surface area (Å²) in [5.74, 6) is 1.08. The molecule has 5 nitrogen and oxygen atoms in total. The molecule has 2 rings (SSSR count). The molecule has 7 heteroatoms. The van der Waals surface area contributed by atoms with Gasteiger partial charge in [0.05, 0.1) is 35.1 Å². The lowest BCUT2D eigenvalue weighted by Gasteiger charge is -2.15. The zero-order valence-corrected chi connectivity index (χ0v) is 17.5. The van der Waals surface area contributed by atoms with Gasteiger partial charge in [-0.15, -0.1) is 0 Å². The molecule has 1 atom stereocenters. The second-order valence-corrected chi connectivity index (χ2v) is 8.66. The molecule has 1 N–H and O–H groups in total. The number of allylic oxidation sites excluding steroid dienone is 1. The van der Waals surface area contributed by atoms with Crippen molar-refractivity contribution < 1.29 is 14.0 Å². The Bertz CT molecular complexity index is 809. The summed E-state index contributed by atoms with van der Waals surface area (Å²) < 4.78 is 26.0. The maximum absolute atomic E-state index is 11.9. The number of hydrogen-bond donors (Lipinski definition) is 1. The third kappa shape index (κ3) is 4.96. The summed E-state index contributed by atoms with van der Waals surface area (Å²) >= 11 is 5.20. The minimum atomic E-state index is -1.14. The van der Waals surface area contributed by atoms with Crippen LogP contribution in [-0.2, 0) is 11.4 Å². The van der Waals surface area contributed by atoms with E-state index in [1.165, 1.54) is 0 Å². The van der Waals surface area contributed by atoms with Crippen molar-refractivity contribution in [3.8, 4) is 11.6 Å². The normalized spacial score (nSPS) is 13.4. The fourth-order valence-electron chi connectivity index (χ4n) is 2.30. The van der Waals surface area contributed by atoms with Crippen LogP contribution < -0.4 is 14.2 Å². The van der Waals surface area contributed by atoms with Gasteiger partial charge in [0.25, 0.3) is 0 Å². The van der Waals surface area contributed by atoms with Crippen LogP contribution in [0.2, 0.25) is 5.02 Å². The van der Waals surface area contributed by atoms with Crippen LogP contribution in [0.25, 0.3) is 16.5 Å². The molecule has 142 valence electrons. The fraction of sp³-hybridized carbons (Fsp3) is 0.421. The summed E-state index contributed by atoms with van der Waals surface area (Å²) in [5, 5.41) is 1.43. The first-order chi connectivity index (χ1) is 12.2. The van der Waals surface area contributed by atoms with Gasteiger partial charge >= 0.3 is 0 Å². The smallest absolute Gasteiger partial charge is 0.221 e. The number of nitrogens with one attached hydrogen (secondary N) is 1. The fourth-order valence-corrected chi connectivity index (χ4v) is 3.08. The molecule has 0 unspecified atom stereocenters. The topological polar surface area (TPSA) is 66.4 Å². The van der Waals surface area contributed by atoms with Crippen molar-refractivity contribution >= 4 is 39.4 Å². The van der Waals surface area contributed by atoms with Gasteiger partial charge in [-0.3, -0.25) is 0 Å². The van der Waals surface area contributed by atoms with Gasteiger partial charge in [0, 0.05) is 23.2 Å². The lowest BCUT2D eigenvalue weighted by atomic mass is 10.1. The number of rotatable bonds is 7. The van der Waals surface area contributed by atoms with Gasteiger partial charge in [0.1, 0.15) is 11.0 Å². The maximum atomic E-state index is 11.9. The van der Waals surface area contributed by atoms with Gasteiger partial charge in [-0.05, 0) is 52.3 Å². The van der Waals surface area contributed by atoms with Gasteiger partial charge in [0.15, 0.2) is 0 Å². The van der Waals surface area contributed by atoms with Crippen LogP contribution in [0.5, 0.6) is 11.6 Å². The number of methoxy groups -OCH3 is 1. The molecule has 0 aliphatic carbocycles. The molecule has 0 aliphatic rings. The van der Waals surface area contributed by atoms with Crippen molar-refractivity contribution in [2.75, 3.05) is 7.11 Å². The Morgan fingerprint density at radius 3 is 2.54 bits per heavy atom. The summed E-state index contributed by atoms with van der Waals surface area (Å²) in [6.07, 6.45) is 1.74. The van der Waals surface area contributed by atoms with Crippen molar-refractivity contribution in [1.29, 1.82) is 0 Å². The van der Waals surface area contributed by atoms with Crippen molar-refractivity contribution in [1.82, 2.24) is 9.71 Å². The van der Waals surface area contributed by atoms with E-state index >= 15 is 0 Å². The molecule has 1 aromatic heterocycles. The van der Waals surface area contributed by atoms with Gasteiger partial charge in [-0.25, -0.2) is 9.71 Å². The van der Waals surface area contributed by atoms with Crippen molar-refractivity contribution in [2.24, 2.45) is 0 Å². The molecule has 0 fully saturated rings. The van der Waals surface area contributed by atoms with E-state index in [1.54, 1.807) is 13.3 Å². The number of halogens is 1. The molecule has 26 heavy (non-hydrogen) atoms. The number of ether oxygens (including phenoxy) is 2. The Kier molecular flexibility index (Phi) is 7.03. The highest BCUT2D eigenvalue weighted by atomic mass is 35.5. The Hall–Kier alpha value is -1.63. The Morgan fingerprint density at radius 1 is 1.27 bits per heavy atom. The van der Waals surface area contributed by atoms with Gasteiger partial charge in [-0.1, -0.05) is 11.6 Å². The largest absolute Gasteiger partial charge is 0.593 e. The molecule has 0 radical (unpaired) electrons. The molecule has 2 aromatic rings. The second kappa shape index (κ2) is 8.84. The van der Waals surface area contributed by atoms with Gasteiger partial charge in [0.2, 0.25) is 5.88 Å². The molecule has 1 aromatic carbocycles. The third-order valence-corrected chi connectivity index (χ3v) is 5.14. The van der Waals surface area contributed by atoms with E-state index in [0.717, 1.165) is 22.0 Å². The molecule has 0 aliphatic heterocycles. The zero-order valence-electron chi connectivity index (χ0n) is 15.9. The quantitative estimate of drug-likeness (QED) is 0.686. The highest BCUT2D eigenvalue weighted by Crippen LogP contribution is 2.34. The predicted molar refractivity (Wildman–Crippen MR) is 109 cm³/mol. The zero-order chi connectivity index (χ0) is 19.4. The molecule has 0 bridgehead atoms. The van der Waals surface area contributed by atoms with E-state index in [9.17, 15) is 4.55 Å². The van der Waals surface area contributed by atoms with Gasteiger partial charge < -0.3 is 14.0 Å². The third-order valence-electron chi connectivity index (χ3n) is 3.63. The van der Waals surface area contributed by atoms with Crippen LogP contribution in [0.4, 0.5) is 0 Å². The van der Waals surface area contributed by atoms with Crippen molar-refractivity contribution in [3.05, 3.63) is 35.0 Å². The van der Waals surface area contributed by atoms with Crippen LogP contribution >= 0.6 is 11.6 Å². The van der Waals surface area contributed by atoms with Crippen LogP contribution in [0.1, 0.15) is 40.2 Å². The number of nitrogens with zero attached hydrogens (tertiary/aromatic N) is 1. The van der Waals surface area contributed by atoms with Crippen LogP contribution in [0.3, 0.4) is 0 Å². The summed E-state index contributed by atoms with van der Waals surface area (Å²) in [6, 6.07) is 5.60. The average Bonchev–Trinajstić information content (AvgIpc) is 2.58. The highest BCUT2D eigenvalue weighted by molar-refractivity contribution is 7.90. The molecule has 0 amide bonds. The maximum Gasteiger partial charge on any atom is 0.221 e. The summed E-state index contributed by atoms with van der Waals surface area (Å²) in [4.78, 5) is 4.58. The molecule has 1 heterocycles. The summed E-state index contributed by atoms with van der Waals surface area (Å²) in [5.41, 5.74) is 2.41. The standard InChI is InChI=1S/C19H25ClN2O3S/c1-11(2)25-18-9-17-14(8-16(18)20)7-15(19(22-17)24-6)13(5)10-21-26(23)12(3)4/h7-12,21H,1-6H3/b13-10+/t26-/m1/s1. The Morgan fingerprint density at radius 2 is 1.96 bits per heavy atom. The van der Waals surface area contributed by atoms with E-state index in [1.807, 2.05) is 52.8 Å². The predicted octanol–water partition coefficient (Wildman–Crippen LogP) is 4.71. The van der Waals surface area contributed by atoms with E-state index < -0.39 is 11.4 Å². The molecule has 0 saturated heterocycles. The summed E-state index contributed by atoms with van der Waals surface area (Å²) in [6.45, 7) is 9.58. The van der Waals surface area contributed by atoms with Crippen molar-refractivity contribution in [3.63, 3.8) is 0 Å².